The summed E-state index contributed by atoms with van der Waals surface area (Å²) in [5.74, 6) is -0.551. The number of carbonyl (C=O) groups is 3. The zero-order chi connectivity index (χ0) is 28.5. The van der Waals surface area contributed by atoms with E-state index in [2.05, 4.69) is 23.1 Å². The van der Waals surface area contributed by atoms with Gasteiger partial charge in [0, 0.05) is 58.0 Å². The summed E-state index contributed by atoms with van der Waals surface area (Å²) in [7, 11) is 2.94. The molecule has 0 N–H and O–H groups in total. The zero-order valence-corrected chi connectivity index (χ0v) is 23.2. The molecule has 41 heavy (non-hydrogen) atoms. The van der Waals surface area contributed by atoms with Crippen LogP contribution in [0.2, 0.25) is 0 Å². The first-order valence-corrected chi connectivity index (χ1v) is 14.2. The average Bonchev–Trinajstić information content (AvgIpc) is 2.98. The van der Waals surface area contributed by atoms with Gasteiger partial charge in [0.15, 0.2) is 0 Å². The number of pyridine rings is 1. The number of rotatable bonds is 4. The summed E-state index contributed by atoms with van der Waals surface area (Å²) >= 11 is 0. The maximum Gasteiger partial charge on any atom is 0.332 e. The molecule has 3 aliphatic rings. The number of hydrogen-bond donors (Lipinski definition) is 0. The number of nitrogens with zero attached hydrogens (tertiary/aromatic N) is 4. The Morgan fingerprint density at radius 2 is 1.39 bits per heavy atom. The van der Waals surface area contributed by atoms with Crippen LogP contribution in [0.25, 0.3) is 21.5 Å². The van der Waals surface area contributed by atoms with Crippen molar-refractivity contribution in [3.8, 4) is 0 Å². The van der Waals surface area contributed by atoms with Crippen molar-refractivity contribution in [1.82, 2.24) is 19.3 Å². The number of piperidine rings is 1. The van der Waals surface area contributed by atoms with Gasteiger partial charge in [0.1, 0.15) is 5.41 Å². The Labute approximate surface area is 237 Å². The minimum Gasteiger partial charge on any atom is -0.312 e. The highest BCUT2D eigenvalue weighted by atomic mass is 16.2. The summed E-state index contributed by atoms with van der Waals surface area (Å²) in [6.07, 6.45) is 1.15. The minimum atomic E-state index is -1.48. The Kier molecular flexibility index (Phi) is 5.87. The van der Waals surface area contributed by atoms with E-state index in [0.29, 0.717) is 19.6 Å². The number of likely N-dealkylation sites (tertiary alicyclic amines) is 1. The molecule has 0 aliphatic carbocycles. The molecule has 1 aromatic heterocycles. The molecule has 4 amide bonds. The van der Waals surface area contributed by atoms with Gasteiger partial charge in [-0.25, -0.2) is 4.79 Å². The van der Waals surface area contributed by atoms with Gasteiger partial charge in [-0.3, -0.25) is 24.2 Å². The van der Waals surface area contributed by atoms with E-state index in [4.69, 9.17) is 0 Å². The van der Waals surface area contributed by atoms with Crippen LogP contribution in [0.4, 0.5) is 4.79 Å². The van der Waals surface area contributed by atoms with Gasteiger partial charge in [-0.1, -0.05) is 54.6 Å². The molecule has 0 spiro atoms. The van der Waals surface area contributed by atoms with Gasteiger partial charge in [0.05, 0.1) is 0 Å². The molecule has 0 unspecified atom stereocenters. The summed E-state index contributed by atoms with van der Waals surface area (Å²) in [6.45, 7) is 2.15. The van der Waals surface area contributed by atoms with Gasteiger partial charge in [-0.2, -0.15) is 0 Å². The van der Waals surface area contributed by atoms with E-state index in [9.17, 15) is 19.2 Å². The van der Waals surface area contributed by atoms with Crippen LogP contribution in [0.3, 0.4) is 0 Å². The smallest absolute Gasteiger partial charge is 0.312 e. The molecule has 4 heterocycles. The number of urea groups is 1. The predicted molar refractivity (Wildman–Crippen MR) is 157 cm³/mol. The van der Waals surface area contributed by atoms with Gasteiger partial charge >= 0.3 is 6.03 Å². The quantitative estimate of drug-likeness (QED) is 0.286. The minimum absolute atomic E-state index is 0.0179. The lowest BCUT2D eigenvalue weighted by molar-refractivity contribution is -0.159. The Bertz CT molecular complexity index is 1730. The molecule has 3 aliphatic heterocycles. The summed E-state index contributed by atoms with van der Waals surface area (Å²) in [4.78, 5) is 58.4. The molecule has 8 nitrogen and oxygen atoms in total. The lowest BCUT2D eigenvalue weighted by atomic mass is 9.74. The van der Waals surface area contributed by atoms with Crippen LogP contribution >= 0.6 is 0 Å². The largest absolute Gasteiger partial charge is 0.332 e. The van der Waals surface area contributed by atoms with Crippen molar-refractivity contribution in [2.45, 2.75) is 25.3 Å². The van der Waals surface area contributed by atoms with E-state index in [1.54, 1.807) is 6.07 Å². The van der Waals surface area contributed by atoms with Crippen LogP contribution in [-0.2, 0) is 22.6 Å². The number of benzene rings is 3. The second kappa shape index (κ2) is 9.38. The van der Waals surface area contributed by atoms with Crippen molar-refractivity contribution in [3.63, 3.8) is 0 Å². The van der Waals surface area contributed by atoms with E-state index in [1.165, 1.54) is 14.1 Å². The molecular formula is C33H32N4O4. The van der Waals surface area contributed by atoms with E-state index in [-0.39, 0.29) is 30.4 Å². The number of fused-ring (bicyclic) bond motifs is 6. The van der Waals surface area contributed by atoms with E-state index >= 15 is 0 Å². The first-order valence-electron chi connectivity index (χ1n) is 14.2. The second-order valence-electron chi connectivity index (χ2n) is 12.0. The molecular weight excluding hydrogens is 516 g/mol. The highest BCUT2D eigenvalue weighted by molar-refractivity contribution is 6.19. The normalized spacial score (nSPS) is 22.4. The third-order valence-corrected chi connectivity index (χ3v) is 9.41. The third kappa shape index (κ3) is 3.92. The van der Waals surface area contributed by atoms with Gasteiger partial charge in [-0.05, 0) is 58.0 Å². The maximum atomic E-state index is 14.2. The molecule has 0 saturated carbocycles. The van der Waals surface area contributed by atoms with Crippen molar-refractivity contribution >= 4 is 39.4 Å². The third-order valence-electron chi connectivity index (χ3n) is 9.41. The fraction of sp³-hybridized carbons (Fsp3) is 0.333. The lowest BCUT2D eigenvalue weighted by Gasteiger charge is -2.48. The maximum absolute atomic E-state index is 14.2. The predicted octanol–water partition coefficient (Wildman–Crippen LogP) is 3.85. The highest BCUT2D eigenvalue weighted by Gasteiger charge is 2.57. The number of amides is 4. The number of aromatic nitrogens is 1. The monoisotopic (exact) mass is 548 g/mol. The zero-order valence-electron chi connectivity index (χ0n) is 23.2. The molecule has 2 saturated heterocycles. The van der Waals surface area contributed by atoms with Crippen LogP contribution < -0.4 is 5.56 Å². The molecule has 0 radical (unpaired) electrons. The number of carbonyl (C=O) groups excluding carboxylic acids is 3. The Balaban J connectivity index is 1.35. The second-order valence-corrected chi connectivity index (χ2v) is 12.0. The van der Waals surface area contributed by atoms with E-state index < -0.39 is 23.3 Å². The summed E-state index contributed by atoms with van der Waals surface area (Å²) in [5, 5.41) is 4.08. The molecule has 4 aromatic rings. The Hall–Kier alpha value is -4.30. The van der Waals surface area contributed by atoms with Gasteiger partial charge < -0.3 is 9.47 Å². The summed E-state index contributed by atoms with van der Waals surface area (Å²) < 4.78 is 1.88. The molecule has 2 fully saturated rings. The lowest BCUT2D eigenvalue weighted by Crippen LogP contribution is -2.67. The standard InChI is InChI=1S/C33H32N4O4/c1-34-30(39)33(31(40)35(2)32(34)41,16-27-25-10-5-3-8-22(25)15-23-9-4-6-11-26(23)27)20-36-17-21-14-24(19-36)28-12-7-13-29(38)37(28)18-21/h3-13,15,21,24H,14,16-20H2,1-2H3/t21-,24+/m1/s1. The molecule has 2 bridgehead atoms. The first kappa shape index (κ1) is 25.7. The average molecular weight is 549 g/mol. The molecule has 7 rings (SSSR count). The molecule has 2 atom stereocenters. The SMILES string of the molecule is CN1C(=O)N(C)C(=O)C(Cc2c3ccccc3cc3ccccc23)(CN2C[C@H]3C[C@@H](C2)c2cccc(=O)n2C3)C1=O. The van der Waals surface area contributed by atoms with Gasteiger partial charge in [0.25, 0.3) is 5.56 Å². The van der Waals surface area contributed by atoms with Crippen molar-refractivity contribution in [2.24, 2.45) is 11.3 Å². The Morgan fingerprint density at radius 3 is 2.05 bits per heavy atom. The summed E-state index contributed by atoms with van der Waals surface area (Å²) in [6, 6.07) is 23.1. The number of imide groups is 2. The topological polar surface area (TPSA) is 82.9 Å². The highest BCUT2D eigenvalue weighted by Crippen LogP contribution is 2.41. The van der Waals surface area contributed by atoms with Gasteiger partial charge in [-0.15, -0.1) is 0 Å². The van der Waals surface area contributed by atoms with Gasteiger partial charge in [0.2, 0.25) is 11.8 Å². The number of barbiturate groups is 1. The van der Waals surface area contributed by atoms with E-state index in [1.807, 2.05) is 53.1 Å². The Morgan fingerprint density at radius 1 is 0.756 bits per heavy atom. The van der Waals surface area contributed by atoms with Crippen LogP contribution in [0, 0.1) is 11.3 Å². The van der Waals surface area contributed by atoms with Crippen LogP contribution in [0.5, 0.6) is 0 Å². The van der Waals surface area contributed by atoms with Crippen LogP contribution in [0.1, 0.15) is 23.6 Å². The van der Waals surface area contributed by atoms with Crippen molar-refractivity contribution in [3.05, 3.63) is 94.4 Å². The fourth-order valence-corrected chi connectivity index (χ4v) is 7.58. The number of hydrogen-bond acceptors (Lipinski definition) is 5. The molecule has 3 aromatic carbocycles. The van der Waals surface area contributed by atoms with Crippen molar-refractivity contribution in [2.75, 3.05) is 33.7 Å². The van der Waals surface area contributed by atoms with Crippen LogP contribution in [0.15, 0.2) is 77.6 Å². The fourth-order valence-electron chi connectivity index (χ4n) is 7.58. The van der Waals surface area contributed by atoms with Crippen molar-refractivity contribution in [1.29, 1.82) is 0 Å². The van der Waals surface area contributed by atoms with Crippen LogP contribution in [-0.4, -0.2) is 70.8 Å². The molecule has 208 valence electrons. The first-order chi connectivity index (χ1) is 19.8. The van der Waals surface area contributed by atoms with E-state index in [0.717, 1.165) is 49.0 Å². The van der Waals surface area contributed by atoms with Crippen molar-refractivity contribution < 1.29 is 14.4 Å². The summed E-state index contributed by atoms with van der Waals surface area (Å²) in [5.41, 5.74) is 0.486. The molecule has 8 heteroatoms.